The lowest BCUT2D eigenvalue weighted by Crippen LogP contribution is -2.06. The second-order valence-electron chi connectivity index (χ2n) is 5.86. The van der Waals surface area contributed by atoms with E-state index in [-0.39, 0.29) is 0 Å². The van der Waals surface area contributed by atoms with Crippen molar-refractivity contribution in [1.29, 1.82) is 5.41 Å². The summed E-state index contributed by atoms with van der Waals surface area (Å²) in [4.78, 5) is 4.17. The summed E-state index contributed by atoms with van der Waals surface area (Å²) in [5.74, 6) is -0.950. The van der Waals surface area contributed by atoms with Gasteiger partial charge in [0.15, 0.2) is 0 Å². The average Bonchev–Trinajstić information content (AvgIpc) is 2.67. The van der Waals surface area contributed by atoms with Gasteiger partial charge in [0.25, 0.3) is 6.43 Å². The average molecular weight is 371 g/mol. The summed E-state index contributed by atoms with van der Waals surface area (Å²) < 4.78 is 39.4. The maximum absolute atomic E-state index is 13.5. The molecule has 138 valence electrons. The Labute approximate surface area is 153 Å². The van der Waals surface area contributed by atoms with Crippen LogP contribution in [-0.4, -0.2) is 21.4 Å². The van der Waals surface area contributed by atoms with E-state index in [2.05, 4.69) is 20.5 Å². The second kappa shape index (κ2) is 7.94. The largest absolute Gasteiger partial charge is 0.378 e. The van der Waals surface area contributed by atoms with E-state index in [0.29, 0.717) is 34.7 Å². The van der Waals surface area contributed by atoms with Gasteiger partial charge in [-0.15, -0.1) is 0 Å². The van der Waals surface area contributed by atoms with Crippen LogP contribution in [0.5, 0.6) is 0 Å². The van der Waals surface area contributed by atoms with Crippen LogP contribution in [0.1, 0.15) is 29.1 Å². The minimum atomic E-state index is -2.91. The zero-order chi connectivity index (χ0) is 19.4. The molecule has 0 spiro atoms. The van der Waals surface area contributed by atoms with Gasteiger partial charge in [-0.05, 0) is 42.8 Å². The predicted molar refractivity (Wildman–Crippen MR) is 96.6 cm³/mol. The van der Waals surface area contributed by atoms with Crippen molar-refractivity contribution in [2.75, 3.05) is 5.32 Å². The zero-order valence-electron chi connectivity index (χ0n) is 14.4. The SMILES string of the molecule is Cc1ccc(CNc2cc(-c3ccc(F)c(C(F)F)c3)cnc2C=N)nn1. The molecule has 0 fully saturated rings. The molecule has 0 unspecified atom stereocenters. The minimum Gasteiger partial charge on any atom is -0.378 e. The molecule has 2 aromatic heterocycles. The number of aromatic nitrogens is 3. The number of halogens is 3. The molecular formula is C19H16F3N5. The monoisotopic (exact) mass is 371 g/mol. The molecule has 0 bridgehead atoms. The van der Waals surface area contributed by atoms with Crippen molar-refractivity contribution in [1.82, 2.24) is 15.2 Å². The van der Waals surface area contributed by atoms with Gasteiger partial charge in [0.05, 0.1) is 29.2 Å². The molecule has 0 saturated heterocycles. The maximum atomic E-state index is 13.5. The highest BCUT2D eigenvalue weighted by molar-refractivity contribution is 5.85. The van der Waals surface area contributed by atoms with E-state index in [1.807, 2.05) is 19.1 Å². The molecule has 0 amide bonds. The Hall–Kier alpha value is -3.29. The highest BCUT2D eigenvalue weighted by atomic mass is 19.3. The van der Waals surface area contributed by atoms with E-state index in [1.54, 1.807) is 6.07 Å². The summed E-state index contributed by atoms with van der Waals surface area (Å²) in [5, 5.41) is 18.6. The van der Waals surface area contributed by atoms with E-state index >= 15 is 0 Å². The summed E-state index contributed by atoms with van der Waals surface area (Å²) in [6.45, 7) is 2.19. The van der Waals surface area contributed by atoms with Crippen molar-refractivity contribution >= 4 is 11.9 Å². The lowest BCUT2D eigenvalue weighted by molar-refractivity contribution is 0.146. The molecule has 0 saturated carbocycles. The molecular weight excluding hydrogens is 355 g/mol. The number of benzene rings is 1. The molecule has 2 heterocycles. The van der Waals surface area contributed by atoms with Crippen LogP contribution in [0.2, 0.25) is 0 Å². The molecule has 0 aliphatic heterocycles. The summed E-state index contributed by atoms with van der Waals surface area (Å²) in [6.07, 6.45) is -0.362. The molecule has 0 aliphatic carbocycles. The fourth-order valence-corrected chi connectivity index (χ4v) is 2.49. The van der Waals surface area contributed by atoms with Gasteiger partial charge >= 0.3 is 0 Å². The van der Waals surface area contributed by atoms with E-state index in [1.165, 1.54) is 12.3 Å². The van der Waals surface area contributed by atoms with Crippen molar-refractivity contribution in [2.45, 2.75) is 19.9 Å². The molecule has 5 nitrogen and oxygen atoms in total. The first-order valence-electron chi connectivity index (χ1n) is 8.09. The zero-order valence-corrected chi connectivity index (χ0v) is 14.4. The van der Waals surface area contributed by atoms with E-state index < -0.39 is 17.8 Å². The normalized spacial score (nSPS) is 10.9. The van der Waals surface area contributed by atoms with Gasteiger partial charge < -0.3 is 10.7 Å². The number of nitrogens with zero attached hydrogens (tertiary/aromatic N) is 3. The molecule has 2 N–H and O–H groups in total. The highest BCUT2D eigenvalue weighted by Crippen LogP contribution is 2.29. The first-order valence-corrected chi connectivity index (χ1v) is 8.09. The van der Waals surface area contributed by atoms with Crippen LogP contribution < -0.4 is 5.32 Å². The van der Waals surface area contributed by atoms with Crippen LogP contribution in [0.15, 0.2) is 42.6 Å². The number of anilines is 1. The molecule has 0 radical (unpaired) electrons. The second-order valence-corrected chi connectivity index (χ2v) is 5.86. The van der Waals surface area contributed by atoms with E-state index in [4.69, 9.17) is 5.41 Å². The molecule has 0 aliphatic rings. The minimum absolute atomic E-state index is 0.352. The quantitative estimate of drug-likeness (QED) is 0.624. The number of pyridine rings is 1. The molecule has 0 atom stereocenters. The van der Waals surface area contributed by atoms with Crippen LogP contribution in [0.25, 0.3) is 11.1 Å². The number of hydrogen-bond acceptors (Lipinski definition) is 5. The number of hydrogen-bond donors (Lipinski definition) is 2. The van der Waals surface area contributed by atoms with Crippen LogP contribution in [0.3, 0.4) is 0 Å². The van der Waals surface area contributed by atoms with Gasteiger partial charge in [0.1, 0.15) is 11.5 Å². The summed E-state index contributed by atoms with van der Waals surface area (Å²) in [6, 6.07) is 8.87. The predicted octanol–water partition coefficient (Wildman–Crippen LogP) is 4.53. The van der Waals surface area contributed by atoms with E-state index in [9.17, 15) is 13.2 Å². The highest BCUT2D eigenvalue weighted by Gasteiger charge is 2.15. The van der Waals surface area contributed by atoms with Crippen molar-refractivity contribution in [2.24, 2.45) is 0 Å². The third kappa shape index (κ3) is 4.28. The summed E-state index contributed by atoms with van der Waals surface area (Å²) in [7, 11) is 0. The van der Waals surface area contributed by atoms with Gasteiger partial charge in [0.2, 0.25) is 0 Å². The topological polar surface area (TPSA) is 74.6 Å². The van der Waals surface area contributed by atoms with Crippen LogP contribution in [-0.2, 0) is 6.54 Å². The number of alkyl halides is 2. The molecule has 3 rings (SSSR count). The summed E-state index contributed by atoms with van der Waals surface area (Å²) in [5.41, 5.74) is 2.70. The Kier molecular flexibility index (Phi) is 5.44. The number of aryl methyl sites for hydroxylation is 1. The lowest BCUT2D eigenvalue weighted by Gasteiger charge is -2.12. The fourth-order valence-electron chi connectivity index (χ4n) is 2.49. The van der Waals surface area contributed by atoms with Gasteiger partial charge in [-0.2, -0.15) is 10.2 Å². The first-order chi connectivity index (χ1) is 13.0. The molecule has 3 aromatic rings. The van der Waals surface area contributed by atoms with Crippen molar-refractivity contribution in [3.05, 3.63) is 71.1 Å². The maximum Gasteiger partial charge on any atom is 0.266 e. The van der Waals surface area contributed by atoms with Crippen LogP contribution >= 0.6 is 0 Å². The Balaban J connectivity index is 1.90. The number of rotatable bonds is 6. The Bertz CT molecular complexity index is 958. The van der Waals surface area contributed by atoms with Gasteiger partial charge in [-0.25, -0.2) is 13.2 Å². The summed E-state index contributed by atoms with van der Waals surface area (Å²) >= 11 is 0. The third-order valence-electron chi connectivity index (χ3n) is 3.93. The van der Waals surface area contributed by atoms with Crippen LogP contribution in [0.4, 0.5) is 18.9 Å². The lowest BCUT2D eigenvalue weighted by atomic mass is 10.0. The van der Waals surface area contributed by atoms with Crippen molar-refractivity contribution in [3.8, 4) is 11.1 Å². The molecule has 27 heavy (non-hydrogen) atoms. The van der Waals surface area contributed by atoms with Gasteiger partial charge in [0, 0.05) is 18.0 Å². The number of nitrogens with one attached hydrogen (secondary N) is 2. The van der Waals surface area contributed by atoms with Crippen molar-refractivity contribution in [3.63, 3.8) is 0 Å². The van der Waals surface area contributed by atoms with Crippen LogP contribution in [0, 0.1) is 18.2 Å². The molecule has 1 aromatic carbocycles. The standard InChI is InChI=1S/C19H16F3N5/c1-11-2-4-14(27-26-11)10-25-17-7-13(9-24-18(17)8-23)12-3-5-16(20)15(6-12)19(21)22/h2-9,19,23,25H,10H2,1H3. The Morgan fingerprint density at radius 1 is 1.11 bits per heavy atom. The molecule has 8 heteroatoms. The van der Waals surface area contributed by atoms with Gasteiger partial charge in [-0.1, -0.05) is 6.07 Å². The smallest absolute Gasteiger partial charge is 0.266 e. The third-order valence-corrected chi connectivity index (χ3v) is 3.93. The Morgan fingerprint density at radius 3 is 2.59 bits per heavy atom. The van der Waals surface area contributed by atoms with Gasteiger partial charge in [-0.3, -0.25) is 4.98 Å². The Morgan fingerprint density at radius 2 is 1.93 bits per heavy atom. The first kappa shape index (κ1) is 18.5. The van der Waals surface area contributed by atoms with E-state index in [0.717, 1.165) is 24.0 Å². The van der Waals surface area contributed by atoms with Crippen molar-refractivity contribution < 1.29 is 13.2 Å². The fraction of sp³-hybridized carbons (Fsp3) is 0.158.